The lowest BCUT2D eigenvalue weighted by Gasteiger charge is -2.39. The van der Waals surface area contributed by atoms with Crippen LogP contribution in [-0.4, -0.2) is 71.5 Å². The lowest BCUT2D eigenvalue weighted by molar-refractivity contribution is 0.0390. The maximum Gasteiger partial charge on any atom is 0.0664 e. The van der Waals surface area contributed by atoms with E-state index in [0.717, 1.165) is 45.6 Å². The molecule has 1 saturated heterocycles. The number of aliphatic hydroxyl groups is 2. The first-order chi connectivity index (χ1) is 7.71. The third-order valence-electron chi connectivity index (χ3n) is 3.55. The first-order valence-corrected chi connectivity index (χ1v) is 6.46. The third kappa shape index (κ3) is 4.01. The van der Waals surface area contributed by atoms with E-state index >= 15 is 0 Å². The molecule has 0 aliphatic carbocycles. The van der Waals surface area contributed by atoms with Gasteiger partial charge in [0.2, 0.25) is 0 Å². The fourth-order valence-corrected chi connectivity index (χ4v) is 2.24. The molecule has 0 aromatic carbocycles. The molecule has 1 fully saturated rings. The predicted molar refractivity (Wildman–Crippen MR) is 65.5 cm³/mol. The number of hydrogen-bond donors (Lipinski definition) is 2. The normalized spacial score (nSPS) is 23.2. The summed E-state index contributed by atoms with van der Waals surface area (Å²) in [5.74, 6) is 0. The fourth-order valence-electron chi connectivity index (χ4n) is 2.24. The predicted octanol–water partition coefficient (Wildman–Crippen LogP) is 0.146. The minimum atomic E-state index is -0.189. The first kappa shape index (κ1) is 13.9. The molecule has 1 aliphatic rings. The first-order valence-electron chi connectivity index (χ1n) is 6.46. The highest BCUT2D eigenvalue weighted by Crippen LogP contribution is 2.09. The van der Waals surface area contributed by atoms with Crippen LogP contribution in [0.1, 0.15) is 26.7 Å². The van der Waals surface area contributed by atoms with Gasteiger partial charge in [0, 0.05) is 38.8 Å². The van der Waals surface area contributed by atoms with Gasteiger partial charge in [-0.05, 0) is 12.8 Å². The monoisotopic (exact) mass is 230 g/mol. The van der Waals surface area contributed by atoms with Gasteiger partial charge < -0.3 is 10.2 Å². The Morgan fingerprint density at radius 2 is 1.69 bits per heavy atom. The van der Waals surface area contributed by atoms with Crippen molar-refractivity contribution in [1.82, 2.24) is 9.80 Å². The molecule has 0 spiro atoms. The molecule has 1 rings (SSSR count). The molecule has 0 bridgehead atoms. The van der Waals surface area contributed by atoms with Gasteiger partial charge in [-0.1, -0.05) is 13.8 Å². The van der Waals surface area contributed by atoms with Crippen LogP contribution in [0.25, 0.3) is 0 Å². The summed E-state index contributed by atoms with van der Waals surface area (Å²) in [6.07, 6.45) is 1.65. The molecular formula is C12H26N2O2. The fraction of sp³-hybridized carbons (Fsp3) is 1.00. The van der Waals surface area contributed by atoms with Crippen LogP contribution in [0.3, 0.4) is 0 Å². The van der Waals surface area contributed by atoms with Crippen LogP contribution in [0.15, 0.2) is 0 Å². The molecule has 2 N–H and O–H groups in total. The zero-order valence-electron chi connectivity index (χ0n) is 10.6. The second-order valence-corrected chi connectivity index (χ2v) is 4.64. The van der Waals surface area contributed by atoms with E-state index in [1.165, 1.54) is 0 Å². The zero-order valence-corrected chi connectivity index (χ0v) is 10.6. The van der Waals surface area contributed by atoms with E-state index in [1.807, 2.05) is 6.92 Å². The third-order valence-corrected chi connectivity index (χ3v) is 3.55. The average Bonchev–Trinajstić information content (AvgIpc) is 2.32. The van der Waals surface area contributed by atoms with E-state index in [2.05, 4.69) is 16.7 Å². The van der Waals surface area contributed by atoms with E-state index in [-0.39, 0.29) is 12.7 Å². The summed E-state index contributed by atoms with van der Waals surface area (Å²) in [6, 6.07) is 0.318. The Morgan fingerprint density at radius 1 is 1.06 bits per heavy atom. The zero-order chi connectivity index (χ0) is 12.0. The minimum Gasteiger partial charge on any atom is -0.395 e. The Kier molecular flexibility index (Phi) is 6.28. The number of rotatable bonds is 6. The van der Waals surface area contributed by atoms with Gasteiger partial charge in [0.1, 0.15) is 0 Å². The Bertz CT molecular complexity index is 178. The molecule has 1 aliphatic heterocycles. The standard InChI is InChI=1S/C12H26N2O2/c1-3-11(10-15)14-7-5-13(6-8-14)9-12(16)4-2/h11-12,15-16H,3-10H2,1-2H3/t11?,12-/m1/s1. The van der Waals surface area contributed by atoms with Crippen molar-refractivity contribution in [2.24, 2.45) is 0 Å². The largest absolute Gasteiger partial charge is 0.395 e. The molecule has 0 aromatic heterocycles. The number of β-amino-alcohol motifs (C(OH)–C–C–N with tert-alkyl or cyclic N) is 1. The molecule has 0 radical (unpaired) electrons. The Balaban J connectivity index is 2.27. The molecule has 16 heavy (non-hydrogen) atoms. The smallest absolute Gasteiger partial charge is 0.0664 e. The highest BCUT2D eigenvalue weighted by molar-refractivity contribution is 4.78. The van der Waals surface area contributed by atoms with E-state index in [0.29, 0.717) is 6.04 Å². The van der Waals surface area contributed by atoms with E-state index in [4.69, 9.17) is 0 Å². The van der Waals surface area contributed by atoms with Crippen LogP contribution in [0.2, 0.25) is 0 Å². The Hall–Kier alpha value is -0.160. The molecule has 4 heteroatoms. The van der Waals surface area contributed by atoms with E-state index in [1.54, 1.807) is 0 Å². The number of hydrogen-bond acceptors (Lipinski definition) is 4. The van der Waals surface area contributed by atoms with Crippen molar-refractivity contribution in [2.75, 3.05) is 39.3 Å². The van der Waals surface area contributed by atoms with Gasteiger partial charge in [-0.25, -0.2) is 0 Å². The van der Waals surface area contributed by atoms with Crippen LogP contribution in [0.5, 0.6) is 0 Å². The molecule has 1 heterocycles. The van der Waals surface area contributed by atoms with Gasteiger partial charge in [-0.3, -0.25) is 9.80 Å². The number of piperazine rings is 1. The van der Waals surface area contributed by atoms with Crippen LogP contribution in [0.4, 0.5) is 0 Å². The van der Waals surface area contributed by atoms with E-state index in [9.17, 15) is 10.2 Å². The number of aliphatic hydroxyl groups excluding tert-OH is 2. The van der Waals surface area contributed by atoms with Crippen molar-refractivity contribution in [1.29, 1.82) is 0 Å². The average molecular weight is 230 g/mol. The molecule has 1 unspecified atom stereocenters. The van der Waals surface area contributed by atoms with Crippen molar-refractivity contribution < 1.29 is 10.2 Å². The number of nitrogens with zero attached hydrogens (tertiary/aromatic N) is 2. The van der Waals surface area contributed by atoms with Crippen molar-refractivity contribution in [3.05, 3.63) is 0 Å². The summed E-state index contributed by atoms with van der Waals surface area (Å²) in [5.41, 5.74) is 0. The summed E-state index contributed by atoms with van der Waals surface area (Å²) in [7, 11) is 0. The molecule has 96 valence electrons. The van der Waals surface area contributed by atoms with Gasteiger partial charge >= 0.3 is 0 Å². The SMILES string of the molecule is CCC(CO)N1CCN(C[C@H](O)CC)CC1. The van der Waals surface area contributed by atoms with Gasteiger partial charge in [-0.2, -0.15) is 0 Å². The second kappa shape index (κ2) is 7.22. The van der Waals surface area contributed by atoms with Crippen LogP contribution in [0, 0.1) is 0 Å². The van der Waals surface area contributed by atoms with E-state index < -0.39 is 0 Å². The Morgan fingerprint density at radius 3 is 2.12 bits per heavy atom. The molecule has 0 saturated carbocycles. The Labute approximate surface area is 98.9 Å². The molecule has 0 aromatic rings. The summed E-state index contributed by atoms with van der Waals surface area (Å²) in [6.45, 7) is 9.22. The molecule has 2 atom stereocenters. The van der Waals surface area contributed by atoms with Crippen LogP contribution >= 0.6 is 0 Å². The maximum absolute atomic E-state index is 9.58. The van der Waals surface area contributed by atoms with Gasteiger partial charge in [-0.15, -0.1) is 0 Å². The topological polar surface area (TPSA) is 46.9 Å². The van der Waals surface area contributed by atoms with Gasteiger partial charge in [0.15, 0.2) is 0 Å². The molecular weight excluding hydrogens is 204 g/mol. The van der Waals surface area contributed by atoms with Crippen LogP contribution in [-0.2, 0) is 0 Å². The maximum atomic E-state index is 9.58. The highest BCUT2D eigenvalue weighted by Gasteiger charge is 2.22. The van der Waals surface area contributed by atoms with Crippen molar-refractivity contribution >= 4 is 0 Å². The van der Waals surface area contributed by atoms with Crippen molar-refractivity contribution in [3.63, 3.8) is 0 Å². The second-order valence-electron chi connectivity index (χ2n) is 4.64. The lowest BCUT2D eigenvalue weighted by Crippen LogP contribution is -2.52. The molecule has 4 nitrogen and oxygen atoms in total. The summed E-state index contributed by atoms with van der Waals surface area (Å²) in [5, 5.41) is 18.8. The van der Waals surface area contributed by atoms with Gasteiger partial charge in [0.25, 0.3) is 0 Å². The summed E-state index contributed by atoms with van der Waals surface area (Å²) in [4.78, 5) is 4.67. The van der Waals surface area contributed by atoms with Gasteiger partial charge in [0.05, 0.1) is 12.7 Å². The summed E-state index contributed by atoms with van der Waals surface area (Å²) < 4.78 is 0. The lowest BCUT2D eigenvalue weighted by atomic mass is 10.1. The molecule has 0 amide bonds. The van der Waals surface area contributed by atoms with Crippen molar-refractivity contribution in [2.45, 2.75) is 38.8 Å². The quantitative estimate of drug-likeness (QED) is 0.682. The van der Waals surface area contributed by atoms with Crippen LogP contribution < -0.4 is 0 Å². The highest BCUT2D eigenvalue weighted by atomic mass is 16.3. The minimum absolute atomic E-state index is 0.189. The van der Waals surface area contributed by atoms with Crippen molar-refractivity contribution in [3.8, 4) is 0 Å². The summed E-state index contributed by atoms with van der Waals surface area (Å²) >= 11 is 0.